The second-order valence-electron chi connectivity index (χ2n) is 5.13. The van der Waals surface area contributed by atoms with E-state index in [1.807, 2.05) is 20.8 Å². The quantitative estimate of drug-likeness (QED) is 0.735. The highest BCUT2D eigenvalue weighted by Gasteiger charge is 2.31. The molecule has 0 fully saturated rings. The molecule has 0 aliphatic heterocycles. The minimum absolute atomic E-state index is 0.184. The van der Waals surface area contributed by atoms with Crippen molar-refractivity contribution in [2.45, 2.75) is 51.7 Å². The molecular formula is C11H20F2O2S. The molecule has 1 atom stereocenters. The van der Waals surface area contributed by atoms with Crippen LogP contribution >= 0.6 is 11.8 Å². The van der Waals surface area contributed by atoms with E-state index in [1.54, 1.807) is 0 Å². The maximum atomic E-state index is 12.5. The Hall–Kier alpha value is -0.320. The van der Waals surface area contributed by atoms with Gasteiger partial charge in [-0.05, 0) is 24.5 Å². The number of halogens is 2. The molecule has 0 aromatic carbocycles. The molecule has 0 saturated carbocycles. The van der Waals surface area contributed by atoms with Crippen LogP contribution in [0.25, 0.3) is 0 Å². The van der Waals surface area contributed by atoms with Gasteiger partial charge in [0.05, 0.1) is 0 Å². The Kier molecular flexibility index (Phi) is 5.73. The number of hydrogen-bond donors (Lipinski definition) is 1. The highest BCUT2D eigenvalue weighted by molar-refractivity contribution is 8.00. The predicted molar refractivity (Wildman–Crippen MR) is 63.2 cm³/mol. The highest BCUT2D eigenvalue weighted by atomic mass is 32.2. The largest absolute Gasteiger partial charge is 0.480 e. The van der Waals surface area contributed by atoms with Crippen LogP contribution in [0.2, 0.25) is 0 Å². The van der Waals surface area contributed by atoms with Crippen LogP contribution in [0.15, 0.2) is 0 Å². The van der Waals surface area contributed by atoms with Gasteiger partial charge in [-0.2, -0.15) is 0 Å². The third kappa shape index (κ3) is 7.04. The predicted octanol–water partition coefficient (Wildman–Crippen LogP) is 3.65. The summed E-state index contributed by atoms with van der Waals surface area (Å²) in [5.41, 5.74) is -0.356. The van der Waals surface area contributed by atoms with Crippen molar-refractivity contribution >= 4 is 17.7 Å². The number of rotatable bonds is 6. The Bertz CT molecular complexity index is 231. The van der Waals surface area contributed by atoms with Crippen molar-refractivity contribution in [3.63, 3.8) is 0 Å². The summed E-state index contributed by atoms with van der Waals surface area (Å²) in [4.78, 5) is 11.0. The number of alkyl halides is 2. The van der Waals surface area contributed by atoms with Crippen molar-refractivity contribution in [3.05, 3.63) is 0 Å². The minimum Gasteiger partial charge on any atom is -0.480 e. The molecule has 1 unspecified atom stereocenters. The molecule has 1 N–H and O–H groups in total. The number of hydrogen-bond acceptors (Lipinski definition) is 2. The normalized spacial score (nSPS) is 14.9. The van der Waals surface area contributed by atoms with Gasteiger partial charge in [0.25, 0.3) is 0 Å². The lowest BCUT2D eigenvalue weighted by molar-refractivity contribution is -0.138. The molecule has 0 aromatic heterocycles. The van der Waals surface area contributed by atoms with Crippen LogP contribution < -0.4 is 0 Å². The summed E-state index contributed by atoms with van der Waals surface area (Å²) in [5, 5.41) is 8.46. The van der Waals surface area contributed by atoms with Gasteiger partial charge in [-0.3, -0.25) is 4.79 Å². The smallest absolute Gasteiger partial charge is 0.317 e. The van der Waals surface area contributed by atoms with Crippen LogP contribution in [-0.2, 0) is 4.79 Å². The van der Waals surface area contributed by atoms with E-state index in [-0.39, 0.29) is 11.8 Å². The zero-order valence-electron chi connectivity index (χ0n) is 10.2. The van der Waals surface area contributed by atoms with Gasteiger partial charge in [-0.15, -0.1) is 11.8 Å². The third-order valence-electron chi connectivity index (χ3n) is 2.06. The molecule has 96 valence electrons. The summed E-state index contributed by atoms with van der Waals surface area (Å²) in [6, 6.07) is 0. The van der Waals surface area contributed by atoms with E-state index in [9.17, 15) is 13.6 Å². The van der Waals surface area contributed by atoms with Crippen LogP contribution in [0.3, 0.4) is 0 Å². The van der Waals surface area contributed by atoms with Crippen LogP contribution in [0.1, 0.15) is 40.5 Å². The molecule has 0 spiro atoms. The lowest BCUT2D eigenvalue weighted by atomic mass is 9.92. The van der Waals surface area contributed by atoms with Crippen LogP contribution in [0.4, 0.5) is 8.78 Å². The fraction of sp³-hybridized carbons (Fsp3) is 0.909. The zero-order valence-corrected chi connectivity index (χ0v) is 11.0. The van der Waals surface area contributed by atoms with Crippen LogP contribution in [0.5, 0.6) is 0 Å². The molecule has 0 aliphatic carbocycles. The van der Waals surface area contributed by atoms with Gasteiger partial charge in [0, 0.05) is 6.42 Å². The van der Waals surface area contributed by atoms with Crippen molar-refractivity contribution < 1.29 is 18.7 Å². The fourth-order valence-electron chi connectivity index (χ4n) is 1.28. The Balaban J connectivity index is 4.02. The molecule has 0 radical (unpaired) electrons. The molecule has 0 aromatic rings. The van der Waals surface area contributed by atoms with Crippen molar-refractivity contribution in [2.75, 3.05) is 5.75 Å². The number of thioether (sulfide) groups is 1. The van der Waals surface area contributed by atoms with Crippen molar-refractivity contribution in [2.24, 2.45) is 5.41 Å². The molecule has 2 nitrogen and oxygen atoms in total. The first-order valence-corrected chi connectivity index (χ1v) is 6.31. The molecule has 0 rings (SSSR count). The van der Waals surface area contributed by atoms with Gasteiger partial charge in [-0.25, -0.2) is 8.78 Å². The second kappa shape index (κ2) is 5.84. The van der Waals surface area contributed by atoms with Gasteiger partial charge in [0.2, 0.25) is 5.92 Å². The topological polar surface area (TPSA) is 37.3 Å². The van der Waals surface area contributed by atoms with Gasteiger partial charge in [-0.1, -0.05) is 20.8 Å². The maximum absolute atomic E-state index is 12.5. The average Bonchev–Trinajstić information content (AvgIpc) is 1.97. The first-order chi connectivity index (χ1) is 7.04. The zero-order chi connectivity index (χ0) is 13.0. The van der Waals surface area contributed by atoms with E-state index in [0.29, 0.717) is 12.2 Å². The maximum Gasteiger partial charge on any atom is 0.317 e. The molecule has 0 bridgehead atoms. The van der Waals surface area contributed by atoms with Crippen LogP contribution in [-0.4, -0.2) is 28.0 Å². The Morgan fingerprint density at radius 2 is 1.81 bits per heavy atom. The fourth-order valence-corrected chi connectivity index (χ4v) is 2.46. The Morgan fingerprint density at radius 3 is 2.12 bits per heavy atom. The second-order valence-corrected chi connectivity index (χ2v) is 6.34. The van der Waals surface area contributed by atoms with Crippen LogP contribution in [0, 0.1) is 5.41 Å². The summed E-state index contributed by atoms with van der Waals surface area (Å²) < 4.78 is 25.0. The minimum atomic E-state index is -2.65. The molecule has 0 heterocycles. The van der Waals surface area contributed by atoms with E-state index >= 15 is 0 Å². The third-order valence-corrected chi connectivity index (χ3v) is 3.82. The number of carboxylic acid groups (broad SMARTS) is 1. The van der Waals surface area contributed by atoms with E-state index in [4.69, 9.17) is 5.11 Å². The summed E-state index contributed by atoms with van der Waals surface area (Å²) >= 11 is 1.24. The summed E-state index contributed by atoms with van der Waals surface area (Å²) in [6.07, 6.45) is 0.157. The summed E-state index contributed by atoms with van der Waals surface area (Å²) in [5.74, 6) is -3.07. The first-order valence-electron chi connectivity index (χ1n) is 5.26. The van der Waals surface area contributed by atoms with E-state index in [0.717, 1.165) is 6.92 Å². The number of carboxylic acids is 1. The van der Waals surface area contributed by atoms with Crippen molar-refractivity contribution in [1.82, 2.24) is 0 Å². The average molecular weight is 254 g/mol. The number of aliphatic carboxylic acids is 1. The molecule has 5 heteroatoms. The Labute approximate surface area is 99.8 Å². The molecule has 0 aliphatic rings. The highest BCUT2D eigenvalue weighted by Crippen LogP contribution is 2.32. The van der Waals surface area contributed by atoms with Gasteiger partial charge < -0.3 is 5.11 Å². The summed E-state index contributed by atoms with van der Waals surface area (Å²) in [6.45, 7) is 6.41. The van der Waals surface area contributed by atoms with E-state index in [2.05, 4.69) is 0 Å². The van der Waals surface area contributed by atoms with Gasteiger partial charge in [0.15, 0.2) is 0 Å². The SMILES string of the molecule is CC(F)(F)CCCSC(C(=O)O)C(C)(C)C. The van der Waals surface area contributed by atoms with E-state index in [1.165, 1.54) is 11.8 Å². The standard InChI is InChI=1S/C11H20F2O2S/c1-10(2,3)8(9(14)15)16-7-5-6-11(4,12)13/h8H,5-7H2,1-4H3,(H,14,15). The molecule has 16 heavy (non-hydrogen) atoms. The monoisotopic (exact) mass is 254 g/mol. The lowest BCUT2D eigenvalue weighted by Gasteiger charge is -2.26. The first kappa shape index (κ1) is 15.7. The van der Waals surface area contributed by atoms with Crippen molar-refractivity contribution in [1.29, 1.82) is 0 Å². The number of carbonyl (C=O) groups is 1. The molecule has 0 amide bonds. The van der Waals surface area contributed by atoms with Crippen molar-refractivity contribution in [3.8, 4) is 0 Å². The lowest BCUT2D eigenvalue weighted by Crippen LogP contribution is -2.31. The molecular weight excluding hydrogens is 234 g/mol. The van der Waals surface area contributed by atoms with Gasteiger partial charge >= 0.3 is 5.97 Å². The van der Waals surface area contributed by atoms with E-state index < -0.39 is 17.1 Å². The van der Waals surface area contributed by atoms with Gasteiger partial charge in [0.1, 0.15) is 5.25 Å². The Morgan fingerprint density at radius 1 is 1.31 bits per heavy atom. The molecule has 0 saturated heterocycles. The summed E-state index contributed by atoms with van der Waals surface area (Å²) in [7, 11) is 0.